The molecule has 2 amide bonds. The van der Waals surface area contributed by atoms with Crippen LogP contribution in [0.15, 0.2) is 29.3 Å². The van der Waals surface area contributed by atoms with E-state index in [9.17, 15) is 19.1 Å². The van der Waals surface area contributed by atoms with Crippen LogP contribution in [0.4, 0.5) is 4.39 Å². The number of nitrogens with two attached hydrogens (primary N) is 1. The molecule has 2 heterocycles. The zero-order valence-corrected chi connectivity index (χ0v) is 20.6. The van der Waals surface area contributed by atoms with Gasteiger partial charge in [0, 0.05) is 23.1 Å². The van der Waals surface area contributed by atoms with E-state index in [1.165, 1.54) is 4.90 Å². The van der Waals surface area contributed by atoms with Crippen LogP contribution < -0.4 is 20.5 Å². The molecule has 0 saturated carbocycles. The predicted molar refractivity (Wildman–Crippen MR) is 129 cm³/mol. The smallest absolute Gasteiger partial charge is 0.251 e. The minimum absolute atomic E-state index is 0.0725. The summed E-state index contributed by atoms with van der Waals surface area (Å²) in [5, 5.41) is 13.7. The van der Waals surface area contributed by atoms with Crippen molar-refractivity contribution in [3.8, 4) is 11.5 Å². The fraction of sp³-hybridized carbons (Fsp3) is 0.423. The molecule has 0 saturated heterocycles. The second kappa shape index (κ2) is 9.66. The van der Waals surface area contributed by atoms with Crippen LogP contribution in [0, 0.1) is 17.9 Å². The van der Waals surface area contributed by atoms with Gasteiger partial charge in [-0.15, -0.1) is 0 Å². The maximum atomic E-state index is 13.9. The first-order chi connectivity index (χ1) is 17.0. The van der Waals surface area contributed by atoms with Crippen molar-refractivity contribution in [1.29, 1.82) is 0 Å². The second-order valence-corrected chi connectivity index (χ2v) is 9.40. The second-order valence-electron chi connectivity index (χ2n) is 9.40. The highest BCUT2D eigenvalue weighted by Crippen LogP contribution is 2.39. The zero-order chi connectivity index (χ0) is 26.2. The van der Waals surface area contributed by atoms with Crippen LogP contribution in [0.5, 0.6) is 11.5 Å². The molecule has 2 aromatic rings. The van der Waals surface area contributed by atoms with Crippen molar-refractivity contribution in [1.82, 2.24) is 10.2 Å². The highest BCUT2D eigenvalue weighted by Gasteiger charge is 2.44. The van der Waals surface area contributed by atoms with Gasteiger partial charge in [0.2, 0.25) is 5.91 Å². The van der Waals surface area contributed by atoms with Gasteiger partial charge in [0.25, 0.3) is 5.91 Å². The highest BCUT2D eigenvalue weighted by atomic mass is 19.1. The molecule has 0 radical (unpaired) electrons. The molecule has 36 heavy (non-hydrogen) atoms. The summed E-state index contributed by atoms with van der Waals surface area (Å²) in [5.74, 6) is -0.566. The molecule has 9 nitrogen and oxygen atoms in total. The van der Waals surface area contributed by atoms with Crippen molar-refractivity contribution in [2.75, 3.05) is 6.61 Å². The summed E-state index contributed by atoms with van der Waals surface area (Å²) in [6, 6.07) is 9.73. The monoisotopic (exact) mass is 496 g/mol. The number of amides is 2. The minimum atomic E-state index is -1.17. The number of nitrogens with zero attached hydrogens (tertiary/aromatic N) is 2. The number of aliphatic imine (C=N–C) groups is 1. The SMILES string of the molecule is CCOc1ccc(C(=O)NC2c3cc(F)c#cc3OC(C)(C)[C@H]2O)cc1CN1C(=O)CC(C)N=C1N. The minimum Gasteiger partial charge on any atom is -0.494 e. The molecule has 0 fully saturated rings. The van der Waals surface area contributed by atoms with Gasteiger partial charge in [0.05, 0.1) is 25.2 Å². The molecule has 4 rings (SSSR count). The summed E-state index contributed by atoms with van der Waals surface area (Å²) in [6.07, 6.45) is -0.942. The number of hydrogen-bond donors (Lipinski definition) is 3. The zero-order valence-electron chi connectivity index (χ0n) is 20.6. The summed E-state index contributed by atoms with van der Waals surface area (Å²) in [5.41, 5.74) is 6.02. The van der Waals surface area contributed by atoms with Crippen molar-refractivity contribution in [3.05, 3.63) is 58.9 Å². The molecule has 3 atom stereocenters. The van der Waals surface area contributed by atoms with Crippen LogP contribution in [0.2, 0.25) is 0 Å². The van der Waals surface area contributed by atoms with Gasteiger partial charge in [-0.3, -0.25) is 14.5 Å². The Labute approximate surface area is 209 Å². The molecule has 0 aromatic heterocycles. The van der Waals surface area contributed by atoms with Gasteiger partial charge in [0.15, 0.2) is 17.5 Å². The summed E-state index contributed by atoms with van der Waals surface area (Å²) in [6.45, 7) is 7.41. The maximum absolute atomic E-state index is 13.9. The third kappa shape index (κ3) is 4.93. The van der Waals surface area contributed by atoms with Crippen molar-refractivity contribution in [2.24, 2.45) is 10.7 Å². The molecular formula is C26H29FN4O5. The Hall–Kier alpha value is -3.84. The van der Waals surface area contributed by atoms with E-state index in [4.69, 9.17) is 15.2 Å². The van der Waals surface area contributed by atoms with Crippen LogP contribution in [0.3, 0.4) is 0 Å². The summed E-state index contributed by atoms with van der Waals surface area (Å²) < 4.78 is 25.4. The molecule has 4 N–H and O–H groups in total. The molecule has 0 spiro atoms. The van der Waals surface area contributed by atoms with Gasteiger partial charge in [-0.1, -0.05) is 0 Å². The van der Waals surface area contributed by atoms with Gasteiger partial charge in [-0.05, 0) is 64.1 Å². The standard InChI is InChI=1S/C26H29FN4O5/c1-5-35-19-8-6-15(11-16(19)13-31-21(32)10-14(2)29-25(31)28)24(34)30-22-18-12-17(27)7-9-20(18)36-26(3,4)23(22)33/h6,8,11-12,14,22-23,33H,5,10,13H2,1-4H3,(H2,28,29)(H,30,34)/t14?,22?,23-/m0/s1. The Bertz CT molecular complexity index is 1210. The average Bonchev–Trinajstić information content (AvgIpc) is 2.80. The molecule has 0 aliphatic carbocycles. The topological polar surface area (TPSA) is 126 Å². The number of aliphatic hydroxyl groups excluding tert-OH is 1. The van der Waals surface area contributed by atoms with Crippen LogP contribution in [0.1, 0.15) is 61.6 Å². The molecular weight excluding hydrogens is 467 g/mol. The number of halogens is 1. The molecule has 2 unspecified atom stereocenters. The number of aliphatic hydroxyl groups is 1. The van der Waals surface area contributed by atoms with Crippen LogP contribution in [-0.4, -0.2) is 52.1 Å². The van der Waals surface area contributed by atoms with Gasteiger partial charge >= 0.3 is 0 Å². The number of fused-ring (bicyclic) bond motifs is 1. The van der Waals surface area contributed by atoms with Gasteiger partial charge in [-0.2, -0.15) is 4.39 Å². The number of nitrogens with one attached hydrogen (secondary N) is 1. The van der Waals surface area contributed by atoms with Crippen molar-refractivity contribution >= 4 is 17.8 Å². The third-order valence-electron chi connectivity index (χ3n) is 6.21. The number of benzene rings is 1. The van der Waals surface area contributed by atoms with Crippen molar-refractivity contribution < 1.29 is 28.6 Å². The van der Waals surface area contributed by atoms with E-state index in [2.05, 4.69) is 22.4 Å². The first-order valence-corrected chi connectivity index (χ1v) is 11.7. The highest BCUT2D eigenvalue weighted by molar-refractivity contribution is 5.98. The number of carbonyl (C=O) groups excluding carboxylic acids is 2. The van der Waals surface area contributed by atoms with E-state index in [0.717, 1.165) is 6.07 Å². The van der Waals surface area contributed by atoms with Crippen LogP contribution >= 0.6 is 0 Å². The van der Waals surface area contributed by atoms with Gasteiger partial charge in [-0.25, -0.2) is 4.99 Å². The molecule has 0 bridgehead atoms. The summed E-state index contributed by atoms with van der Waals surface area (Å²) in [7, 11) is 0. The molecule has 10 heteroatoms. The molecule has 190 valence electrons. The Kier molecular flexibility index (Phi) is 6.78. The predicted octanol–water partition coefficient (Wildman–Crippen LogP) is 2.26. The van der Waals surface area contributed by atoms with Crippen LogP contribution in [0.25, 0.3) is 0 Å². The third-order valence-corrected chi connectivity index (χ3v) is 6.21. The quantitative estimate of drug-likeness (QED) is 0.563. The number of rotatable bonds is 6. The van der Waals surface area contributed by atoms with Crippen molar-refractivity contribution in [2.45, 2.75) is 64.4 Å². The van der Waals surface area contributed by atoms with E-state index < -0.39 is 29.5 Å². The fourth-order valence-electron chi connectivity index (χ4n) is 4.33. The lowest BCUT2D eigenvalue weighted by atomic mass is 9.86. The Morgan fingerprint density at radius 2 is 2.14 bits per heavy atom. The number of guanidine groups is 1. The number of carbonyl (C=O) groups is 2. The lowest BCUT2D eigenvalue weighted by Gasteiger charge is -2.41. The van der Waals surface area contributed by atoms with E-state index in [1.807, 2.05) is 13.8 Å². The summed E-state index contributed by atoms with van der Waals surface area (Å²) >= 11 is 0. The normalized spacial score (nSPS) is 22.6. The number of hydrogen-bond acceptors (Lipinski definition) is 7. The van der Waals surface area contributed by atoms with Crippen LogP contribution in [-0.2, 0) is 11.3 Å². The van der Waals surface area contributed by atoms with E-state index in [1.54, 1.807) is 32.0 Å². The van der Waals surface area contributed by atoms with Crippen molar-refractivity contribution in [3.63, 3.8) is 0 Å². The average molecular weight is 497 g/mol. The number of ether oxygens (including phenoxy) is 2. The molecule has 2 aliphatic rings. The molecule has 2 aromatic carbocycles. The van der Waals surface area contributed by atoms with E-state index in [0.29, 0.717) is 17.9 Å². The van der Waals surface area contributed by atoms with Gasteiger partial charge in [0.1, 0.15) is 17.5 Å². The maximum Gasteiger partial charge on any atom is 0.251 e. The Balaban J connectivity index is 1.64. The van der Waals surface area contributed by atoms with E-state index in [-0.39, 0.29) is 47.8 Å². The first-order valence-electron chi connectivity index (χ1n) is 11.7. The lowest BCUT2D eigenvalue weighted by molar-refractivity contribution is -0.128. The molecule has 2 aliphatic heterocycles. The van der Waals surface area contributed by atoms with E-state index >= 15 is 0 Å². The Morgan fingerprint density at radius 3 is 2.83 bits per heavy atom. The lowest BCUT2D eigenvalue weighted by Crippen LogP contribution is -2.53. The summed E-state index contributed by atoms with van der Waals surface area (Å²) in [4.78, 5) is 31.5. The van der Waals surface area contributed by atoms with Gasteiger partial charge < -0.3 is 25.6 Å². The largest absolute Gasteiger partial charge is 0.494 e. The first kappa shape index (κ1) is 25.3. The fourth-order valence-corrected chi connectivity index (χ4v) is 4.33. The Morgan fingerprint density at radius 1 is 1.39 bits per heavy atom.